The number of hydrogen-bond acceptors (Lipinski definition) is 2. The zero-order valence-corrected chi connectivity index (χ0v) is 16.1. The van der Waals surface area contributed by atoms with Gasteiger partial charge in [0, 0.05) is 36.3 Å². The lowest BCUT2D eigenvalue weighted by Gasteiger charge is -2.29. The number of fused-ring (bicyclic) bond motifs is 7. The Hall–Kier alpha value is -2.66. The van der Waals surface area contributed by atoms with Crippen molar-refractivity contribution in [2.24, 2.45) is 0 Å². The monoisotopic (exact) mass is 395 g/mol. The summed E-state index contributed by atoms with van der Waals surface area (Å²) in [5.41, 5.74) is -1.39. The molecule has 5 rings (SSSR count). The number of benzene rings is 3. The lowest BCUT2D eigenvalue weighted by atomic mass is 9.84. The van der Waals surface area contributed by atoms with Gasteiger partial charge < -0.3 is 0 Å². The Morgan fingerprint density at radius 3 is 2.14 bits per heavy atom. The molecule has 0 amide bonds. The van der Waals surface area contributed by atoms with Crippen LogP contribution in [0.1, 0.15) is 19.5 Å². The van der Waals surface area contributed by atoms with Crippen molar-refractivity contribution in [2.45, 2.75) is 25.4 Å². The molecular formula is C23H16F3NS. The van der Waals surface area contributed by atoms with E-state index in [1.807, 2.05) is 36.4 Å². The van der Waals surface area contributed by atoms with Crippen LogP contribution in [-0.2, 0) is 5.41 Å². The standard InChI is InChI=1S/C23H16F3NS/c1-22(2,23(24,25)26)21-16-12-11-14-13-7-4-6-10-18(13)28-20(14)19(16)15-8-3-5-9-17(15)27-21/h3-12H,1-2H3. The van der Waals surface area contributed by atoms with Gasteiger partial charge in [-0.3, -0.25) is 4.98 Å². The molecule has 1 nitrogen and oxygen atoms in total. The van der Waals surface area contributed by atoms with Crippen molar-refractivity contribution in [1.29, 1.82) is 0 Å². The molecule has 0 aliphatic carbocycles. The van der Waals surface area contributed by atoms with Crippen molar-refractivity contribution in [2.75, 3.05) is 0 Å². The Balaban J connectivity index is 2.05. The summed E-state index contributed by atoms with van der Waals surface area (Å²) >= 11 is 1.62. The second kappa shape index (κ2) is 5.67. The summed E-state index contributed by atoms with van der Waals surface area (Å²) in [6.45, 7) is 2.41. The number of pyridine rings is 1. The summed E-state index contributed by atoms with van der Waals surface area (Å²) in [4.78, 5) is 4.49. The van der Waals surface area contributed by atoms with Crippen LogP contribution in [0.4, 0.5) is 13.2 Å². The van der Waals surface area contributed by atoms with E-state index in [0.29, 0.717) is 10.9 Å². The van der Waals surface area contributed by atoms with Crippen LogP contribution in [-0.4, -0.2) is 11.2 Å². The average Bonchev–Trinajstić information content (AvgIpc) is 3.05. The van der Waals surface area contributed by atoms with Crippen LogP contribution in [0, 0.1) is 0 Å². The molecule has 2 aromatic heterocycles. The van der Waals surface area contributed by atoms with Crippen molar-refractivity contribution in [3.8, 4) is 0 Å². The van der Waals surface area contributed by atoms with E-state index in [4.69, 9.17) is 0 Å². The Bertz CT molecular complexity index is 1380. The van der Waals surface area contributed by atoms with E-state index in [0.717, 1.165) is 30.9 Å². The maximum absolute atomic E-state index is 13.9. The van der Waals surface area contributed by atoms with Gasteiger partial charge in [0.15, 0.2) is 0 Å². The van der Waals surface area contributed by atoms with E-state index in [2.05, 4.69) is 17.1 Å². The number of hydrogen-bond donors (Lipinski definition) is 0. The van der Waals surface area contributed by atoms with Crippen LogP contribution in [0.3, 0.4) is 0 Å². The number of thiophene rings is 1. The quantitative estimate of drug-likeness (QED) is 0.266. The highest BCUT2D eigenvalue weighted by atomic mass is 32.1. The fourth-order valence-corrected chi connectivity index (χ4v) is 5.09. The van der Waals surface area contributed by atoms with Crippen LogP contribution < -0.4 is 0 Å². The fraction of sp³-hybridized carbons (Fsp3) is 0.174. The summed E-state index contributed by atoms with van der Waals surface area (Å²) in [7, 11) is 0. The fourth-order valence-electron chi connectivity index (χ4n) is 3.83. The summed E-state index contributed by atoms with van der Waals surface area (Å²) in [6, 6.07) is 19.3. The normalized spacial score (nSPS) is 13.2. The van der Waals surface area contributed by atoms with Gasteiger partial charge in [0.2, 0.25) is 0 Å². The number of halogens is 3. The van der Waals surface area contributed by atoms with Gasteiger partial charge in [0.25, 0.3) is 0 Å². The van der Waals surface area contributed by atoms with E-state index in [1.165, 1.54) is 13.8 Å². The minimum absolute atomic E-state index is 0.0769. The van der Waals surface area contributed by atoms with Crippen molar-refractivity contribution < 1.29 is 13.2 Å². The van der Waals surface area contributed by atoms with Crippen molar-refractivity contribution in [3.05, 3.63) is 66.4 Å². The van der Waals surface area contributed by atoms with E-state index >= 15 is 0 Å². The third-order valence-electron chi connectivity index (χ3n) is 5.51. The number of aromatic nitrogens is 1. The first-order valence-corrected chi connectivity index (χ1v) is 9.80. The number of nitrogens with zero attached hydrogens (tertiary/aromatic N) is 1. The molecule has 140 valence electrons. The van der Waals surface area contributed by atoms with Gasteiger partial charge >= 0.3 is 6.18 Å². The van der Waals surface area contributed by atoms with E-state index in [-0.39, 0.29) is 5.69 Å². The highest BCUT2D eigenvalue weighted by Crippen LogP contribution is 2.46. The SMILES string of the molecule is CC(C)(c1nc2ccccc2c2c1ccc1c3ccccc3sc12)C(F)(F)F. The molecule has 0 aliphatic heterocycles. The molecule has 0 saturated carbocycles. The molecule has 0 radical (unpaired) electrons. The molecular weight excluding hydrogens is 379 g/mol. The van der Waals surface area contributed by atoms with Crippen LogP contribution in [0.25, 0.3) is 41.8 Å². The Morgan fingerprint density at radius 1 is 0.750 bits per heavy atom. The first kappa shape index (κ1) is 17.4. The third-order valence-corrected chi connectivity index (χ3v) is 6.71. The van der Waals surface area contributed by atoms with Crippen LogP contribution in [0.5, 0.6) is 0 Å². The lowest BCUT2D eigenvalue weighted by molar-refractivity contribution is -0.180. The highest BCUT2D eigenvalue weighted by molar-refractivity contribution is 7.26. The molecule has 0 unspecified atom stereocenters. The number of alkyl halides is 3. The van der Waals surface area contributed by atoms with Crippen molar-refractivity contribution >= 4 is 53.2 Å². The molecule has 2 heterocycles. The molecule has 0 fully saturated rings. The maximum atomic E-state index is 13.9. The second-order valence-electron chi connectivity index (χ2n) is 7.56. The molecule has 0 saturated heterocycles. The maximum Gasteiger partial charge on any atom is 0.399 e. The highest BCUT2D eigenvalue weighted by Gasteiger charge is 2.50. The molecule has 5 heteroatoms. The van der Waals surface area contributed by atoms with Crippen molar-refractivity contribution in [1.82, 2.24) is 4.98 Å². The lowest BCUT2D eigenvalue weighted by Crippen LogP contribution is -2.37. The minimum atomic E-state index is -4.40. The summed E-state index contributed by atoms with van der Waals surface area (Å²) in [6.07, 6.45) is -4.40. The van der Waals surface area contributed by atoms with Gasteiger partial charge in [-0.15, -0.1) is 11.3 Å². The third kappa shape index (κ3) is 2.29. The van der Waals surface area contributed by atoms with Crippen LogP contribution >= 0.6 is 11.3 Å². The second-order valence-corrected chi connectivity index (χ2v) is 8.62. The van der Waals surface area contributed by atoms with Gasteiger partial charge in [-0.2, -0.15) is 13.2 Å². The largest absolute Gasteiger partial charge is 0.399 e. The average molecular weight is 395 g/mol. The summed E-state index contributed by atoms with van der Waals surface area (Å²) < 4.78 is 43.8. The molecule has 0 spiro atoms. The van der Waals surface area contributed by atoms with E-state index in [1.54, 1.807) is 23.5 Å². The Labute approximate surface area is 163 Å². The molecule has 5 aromatic rings. The van der Waals surface area contributed by atoms with E-state index in [9.17, 15) is 13.2 Å². The van der Waals surface area contributed by atoms with Gasteiger partial charge in [0.05, 0.1) is 11.2 Å². The van der Waals surface area contributed by atoms with Crippen LogP contribution in [0.15, 0.2) is 60.7 Å². The summed E-state index contributed by atoms with van der Waals surface area (Å²) in [5.74, 6) is 0. The molecule has 0 atom stereocenters. The Kier molecular flexibility index (Phi) is 3.53. The van der Waals surface area contributed by atoms with Crippen molar-refractivity contribution in [3.63, 3.8) is 0 Å². The van der Waals surface area contributed by atoms with Crippen LogP contribution in [0.2, 0.25) is 0 Å². The smallest absolute Gasteiger partial charge is 0.251 e. The van der Waals surface area contributed by atoms with Gasteiger partial charge in [-0.25, -0.2) is 0 Å². The number of para-hydroxylation sites is 1. The molecule has 3 aromatic carbocycles. The molecule has 0 bridgehead atoms. The van der Waals surface area contributed by atoms with E-state index < -0.39 is 11.6 Å². The first-order chi connectivity index (χ1) is 13.3. The van der Waals surface area contributed by atoms with Gasteiger partial charge in [-0.05, 0) is 26.0 Å². The van der Waals surface area contributed by atoms with Gasteiger partial charge in [-0.1, -0.05) is 48.5 Å². The van der Waals surface area contributed by atoms with Gasteiger partial charge in [0.1, 0.15) is 5.41 Å². The predicted molar refractivity (Wildman–Crippen MR) is 111 cm³/mol. The molecule has 28 heavy (non-hydrogen) atoms. The number of rotatable bonds is 1. The molecule has 0 N–H and O–H groups in total. The topological polar surface area (TPSA) is 12.9 Å². The predicted octanol–water partition coefficient (Wildman–Crippen LogP) is 7.60. The summed E-state index contributed by atoms with van der Waals surface area (Å²) in [5, 5.41) is 4.51. The first-order valence-electron chi connectivity index (χ1n) is 8.99. The molecule has 0 aliphatic rings. The zero-order valence-electron chi connectivity index (χ0n) is 15.3. The minimum Gasteiger partial charge on any atom is -0.251 e. The Morgan fingerprint density at radius 2 is 1.39 bits per heavy atom. The zero-order chi connectivity index (χ0) is 19.7.